The van der Waals surface area contributed by atoms with Gasteiger partial charge in [-0.3, -0.25) is 4.79 Å². The zero-order valence-electron chi connectivity index (χ0n) is 15.4. The number of nitrogens with zero attached hydrogens (tertiary/aromatic N) is 2. The van der Waals surface area contributed by atoms with E-state index in [1.807, 2.05) is 6.07 Å². The van der Waals surface area contributed by atoms with Gasteiger partial charge in [0.05, 0.1) is 17.1 Å². The van der Waals surface area contributed by atoms with Crippen molar-refractivity contribution in [1.29, 1.82) is 0 Å². The Kier molecular flexibility index (Phi) is 5.34. The number of amides is 1. The predicted molar refractivity (Wildman–Crippen MR) is 104 cm³/mol. The zero-order valence-corrected chi connectivity index (χ0v) is 16.2. The number of nitrogens with one attached hydrogen (secondary N) is 1. The molecule has 9 heteroatoms. The minimum atomic E-state index is -4.44. The minimum absolute atomic E-state index is 0.142. The van der Waals surface area contributed by atoms with Crippen LogP contribution in [-0.2, 0) is 12.6 Å². The Balaban J connectivity index is 1.40. The smallest absolute Gasteiger partial charge is 0.416 e. The summed E-state index contributed by atoms with van der Waals surface area (Å²) in [5.74, 6) is 0.0857. The van der Waals surface area contributed by atoms with Gasteiger partial charge in [-0.1, -0.05) is 11.6 Å². The summed E-state index contributed by atoms with van der Waals surface area (Å²) in [5, 5.41) is 3.14. The molecule has 1 atom stereocenters. The van der Waals surface area contributed by atoms with Gasteiger partial charge >= 0.3 is 6.18 Å². The molecule has 0 bridgehead atoms. The first-order valence-corrected chi connectivity index (χ1v) is 9.39. The van der Waals surface area contributed by atoms with Crippen molar-refractivity contribution in [2.45, 2.75) is 18.7 Å². The quantitative estimate of drug-likeness (QED) is 0.655. The van der Waals surface area contributed by atoms with E-state index in [0.29, 0.717) is 17.2 Å². The van der Waals surface area contributed by atoms with Gasteiger partial charge in [-0.25, -0.2) is 9.97 Å². The van der Waals surface area contributed by atoms with E-state index in [1.165, 1.54) is 6.33 Å². The third-order valence-corrected chi connectivity index (χ3v) is 4.99. The minimum Gasteiger partial charge on any atom is -0.486 e. The average Bonchev–Trinajstić information content (AvgIpc) is 3.16. The summed E-state index contributed by atoms with van der Waals surface area (Å²) in [6.45, 7) is 0.189. The fourth-order valence-corrected chi connectivity index (χ4v) is 3.52. The van der Waals surface area contributed by atoms with Crippen LogP contribution in [0, 0.1) is 0 Å². The average molecular weight is 434 g/mol. The summed E-state index contributed by atoms with van der Waals surface area (Å²) in [6.07, 6.45) is 0.562. The number of rotatable bonds is 4. The monoisotopic (exact) mass is 433 g/mol. The van der Waals surface area contributed by atoms with Crippen molar-refractivity contribution in [3.63, 3.8) is 0 Å². The van der Waals surface area contributed by atoms with Crippen molar-refractivity contribution in [2.24, 2.45) is 0 Å². The van der Waals surface area contributed by atoms with Crippen molar-refractivity contribution >= 4 is 17.5 Å². The summed E-state index contributed by atoms with van der Waals surface area (Å²) in [7, 11) is 0. The molecule has 1 amide bonds. The normalized spacial score (nSPS) is 15.4. The van der Waals surface area contributed by atoms with Crippen molar-refractivity contribution in [3.05, 3.63) is 76.8 Å². The van der Waals surface area contributed by atoms with Gasteiger partial charge in [0, 0.05) is 35.5 Å². The second-order valence-corrected chi connectivity index (χ2v) is 7.21. The molecule has 1 aromatic heterocycles. The molecule has 2 heterocycles. The summed E-state index contributed by atoms with van der Waals surface area (Å²) >= 11 is 6.36. The van der Waals surface area contributed by atoms with E-state index in [2.05, 4.69) is 15.3 Å². The number of aromatic nitrogens is 2. The van der Waals surface area contributed by atoms with Gasteiger partial charge in [0.25, 0.3) is 5.91 Å². The second-order valence-electron chi connectivity index (χ2n) is 6.80. The Bertz CT molecular complexity index is 1070. The highest BCUT2D eigenvalue weighted by atomic mass is 35.5. The van der Waals surface area contributed by atoms with Crippen LogP contribution in [0.1, 0.15) is 21.5 Å². The number of alkyl halides is 3. The molecule has 0 saturated carbocycles. The lowest BCUT2D eigenvalue weighted by Gasteiger charge is -2.13. The molecule has 0 fully saturated rings. The number of hydrogen-bond acceptors (Lipinski definition) is 4. The van der Waals surface area contributed by atoms with E-state index in [9.17, 15) is 18.0 Å². The first kappa shape index (κ1) is 20.2. The van der Waals surface area contributed by atoms with Gasteiger partial charge in [-0.15, -0.1) is 0 Å². The molecule has 154 valence electrons. The number of carbonyl (C=O) groups excluding carboxylic acids is 1. The first-order chi connectivity index (χ1) is 14.3. The van der Waals surface area contributed by atoms with Crippen LogP contribution in [0.15, 0.2) is 55.1 Å². The molecular weight excluding hydrogens is 419 g/mol. The number of halogens is 4. The largest absolute Gasteiger partial charge is 0.486 e. The van der Waals surface area contributed by atoms with Gasteiger partial charge in [0.1, 0.15) is 18.2 Å². The highest BCUT2D eigenvalue weighted by Crippen LogP contribution is 2.39. The fraction of sp³-hybridized carbons (Fsp3) is 0.190. The molecule has 5 nitrogen and oxygen atoms in total. The Morgan fingerprint density at radius 3 is 2.50 bits per heavy atom. The number of benzene rings is 2. The maximum absolute atomic E-state index is 12.6. The molecule has 1 N–H and O–H groups in total. The highest BCUT2D eigenvalue weighted by Gasteiger charge is 2.30. The number of ether oxygens (including phenoxy) is 1. The van der Waals surface area contributed by atoms with Crippen LogP contribution in [-0.4, -0.2) is 28.5 Å². The number of hydrogen-bond donors (Lipinski definition) is 1. The lowest BCUT2D eigenvalue weighted by Crippen LogP contribution is -2.34. The van der Waals surface area contributed by atoms with Crippen LogP contribution in [0.2, 0.25) is 5.02 Å². The topological polar surface area (TPSA) is 64.1 Å². The second kappa shape index (κ2) is 7.95. The molecule has 0 spiro atoms. The molecule has 1 aliphatic heterocycles. The van der Waals surface area contributed by atoms with Crippen molar-refractivity contribution < 1.29 is 22.7 Å². The molecule has 2 aromatic carbocycles. The Hall–Kier alpha value is -3.13. The number of fused-ring (bicyclic) bond motifs is 1. The molecule has 0 aliphatic carbocycles. The summed E-state index contributed by atoms with van der Waals surface area (Å²) in [6, 6.07) is 7.76. The Morgan fingerprint density at radius 1 is 1.13 bits per heavy atom. The maximum atomic E-state index is 12.6. The summed E-state index contributed by atoms with van der Waals surface area (Å²) < 4.78 is 43.8. The van der Waals surface area contributed by atoms with Crippen LogP contribution in [0.5, 0.6) is 5.75 Å². The third-order valence-electron chi connectivity index (χ3n) is 4.71. The third kappa shape index (κ3) is 4.23. The summed E-state index contributed by atoms with van der Waals surface area (Å²) in [4.78, 5) is 20.3. The van der Waals surface area contributed by atoms with Crippen molar-refractivity contribution in [3.8, 4) is 16.9 Å². The van der Waals surface area contributed by atoms with Crippen LogP contribution in [0.25, 0.3) is 11.1 Å². The lowest BCUT2D eigenvalue weighted by atomic mass is 10.0. The van der Waals surface area contributed by atoms with E-state index >= 15 is 0 Å². The van der Waals surface area contributed by atoms with Gasteiger partial charge in [0.2, 0.25) is 0 Å². The molecule has 1 aliphatic rings. The van der Waals surface area contributed by atoms with Crippen molar-refractivity contribution in [2.75, 3.05) is 6.54 Å². The van der Waals surface area contributed by atoms with Crippen LogP contribution in [0.4, 0.5) is 13.2 Å². The Morgan fingerprint density at radius 2 is 1.83 bits per heavy atom. The molecule has 3 aromatic rings. The van der Waals surface area contributed by atoms with E-state index in [1.54, 1.807) is 18.5 Å². The van der Waals surface area contributed by atoms with Crippen LogP contribution >= 0.6 is 11.6 Å². The van der Waals surface area contributed by atoms with E-state index < -0.39 is 17.6 Å². The zero-order chi connectivity index (χ0) is 21.3. The van der Waals surface area contributed by atoms with Crippen molar-refractivity contribution in [1.82, 2.24) is 15.3 Å². The lowest BCUT2D eigenvalue weighted by molar-refractivity contribution is -0.137. The fourth-order valence-electron chi connectivity index (χ4n) is 3.24. The number of carbonyl (C=O) groups is 1. The van der Waals surface area contributed by atoms with Gasteiger partial charge in [0.15, 0.2) is 0 Å². The Labute approximate surface area is 174 Å². The van der Waals surface area contributed by atoms with E-state index in [-0.39, 0.29) is 18.2 Å². The molecule has 0 radical (unpaired) electrons. The van der Waals surface area contributed by atoms with Gasteiger partial charge < -0.3 is 10.1 Å². The SMILES string of the molecule is O=C(NC[C@@H]1Cc2cc(-c3cncnc3)cc(Cl)c2O1)c1ccc(C(F)(F)F)cc1. The van der Waals surface area contributed by atoms with E-state index in [4.69, 9.17) is 16.3 Å². The van der Waals surface area contributed by atoms with Crippen LogP contribution < -0.4 is 10.1 Å². The van der Waals surface area contributed by atoms with Gasteiger partial charge in [-0.2, -0.15) is 13.2 Å². The first-order valence-electron chi connectivity index (χ1n) is 9.01. The molecule has 30 heavy (non-hydrogen) atoms. The molecule has 4 rings (SSSR count). The maximum Gasteiger partial charge on any atom is 0.416 e. The standard InChI is InChI=1S/C21H15ClF3N3O2/c22-18-7-13(15-8-26-11-27-9-15)5-14-6-17(30-19(14)18)10-28-20(29)12-1-3-16(4-2-12)21(23,24)25/h1-5,7-9,11,17H,6,10H2,(H,28,29)/t17-/m0/s1. The van der Waals surface area contributed by atoms with Gasteiger partial charge in [-0.05, 0) is 42.0 Å². The van der Waals surface area contributed by atoms with Crippen LogP contribution in [0.3, 0.4) is 0 Å². The molecule has 0 saturated heterocycles. The molecular formula is C21H15ClF3N3O2. The predicted octanol–water partition coefficient (Wildman–Crippen LogP) is 4.55. The highest BCUT2D eigenvalue weighted by molar-refractivity contribution is 6.32. The van der Waals surface area contributed by atoms with E-state index in [0.717, 1.165) is 41.0 Å². The molecule has 0 unspecified atom stereocenters. The summed E-state index contributed by atoms with van der Waals surface area (Å²) in [5.41, 5.74) is 1.92.